The van der Waals surface area contributed by atoms with Crippen molar-refractivity contribution in [1.82, 2.24) is 20.9 Å². The highest BCUT2D eigenvalue weighted by Crippen LogP contribution is 2.39. The maximum atomic E-state index is 14.6. The van der Waals surface area contributed by atoms with Crippen LogP contribution in [0.1, 0.15) is 49.4 Å². The molecular formula is C25H27ClFN5O. The molecule has 1 amide bonds. The standard InChI is InChI=1S/C25H27ClFN5O/c1-15-25-20-5-3-18(17-7-10-31(11-8-17)16(2)33)13-21(20)23(9-12-32(25)30-29-15)28-24-14-19(26)4-6-22(24)27/h3-7,13-14,23,28-30H,8-12H2,1-2H3. The summed E-state index contributed by atoms with van der Waals surface area (Å²) in [7, 11) is 0. The van der Waals surface area contributed by atoms with Crippen molar-refractivity contribution < 1.29 is 9.18 Å². The van der Waals surface area contributed by atoms with Crippen LogP contribution in [0.25, 0.3) is 11.3 Å². The van der Waals surface area contributed by atoms with E-state index < -0.39 is 0 Å². The molecular weight excluding hydrogens is 441 g/mol. The summed E-state index contributed by atoms with van der Waals surface area (Å²) in [5, 5.41) is 6.01. The molecule has 0 aromatic heterocycles. The van der Waals surface area contributed by atoms with E-state index in [1.807, 2.05) is 11.8 Å². The number of hydrogen-bond acceptors (Lipinski definition) is 5. The van der Waals surface area contributed by atoms with Crippen molar-refractivity contribution in [3.8, 4) is 0 Å². The summed E-state index contributed by atoms with van der Waals surface area (Å²) in [5.41, 5.74) is 13.6. The first-order chi connectivity index (χ1) is 15.9. The molecule has 3 heterocycles. The molecule has 0 fully saturated rings. The van der Waals surface area contributed by atoms with Crippen LogP contribution in [0.15, 0.2) is 48.2 Å². The first kappa shape index (κ1) is 21.8. The van der Waals surface area contributed by atoms with Gasteiger partial charge < -0.3 is 15.6 Å². The van der Waals surface area contributed by atoms with Gasteiger partial charge in [0, 0.05) is 37.1 Å². The van der Waals surface area contributed by atoms with Crippen LogP contribution in [0, 0.1) is 5.82 Å². The Balaban J connectivity index is 1.55. The zero-order valence-corrected chi connectivity index (χ0v) is 19.5. The van der Waals surface area contributed by atoms with Crippen LogP contribution >= 0.6 is 11.6 Å². The number of benzene rings is 2. The minimum absolute atomic E-state index is 0.0986. The fourth-order valence-corrected chi connectivity index (χ4v) is 5.00. The molecule has 3 N–H and O–H groups in total. The molecule has 8 heteroatoms. The number of rotatable bonds is 3. The van der Waals surface area contributed by atoms with Gasteiger partial charge in [-0.25, -0.2) is 4.39 Å². The van der Waals surface area contributed by atoms with Gasteiger partial charge in [0.25, 0.3) is 0 Å². The summed E-state index contributed by atoms with van der Waals surface area (Å²) in [5.74, 6) is -0.222. The number of allylic oxidation sites excluding steroid dienone is 1. The highest BCUT2D eigenvalue weighted by Gasteiger charge is 2.31. The fourth-order valence-electron chi connectivity index (χ4n) is 4.83. The Bertz CT molecular complexity index is 1180. The lowest BCUT2D eigenvalue weighted by atomic mass is 9.90. The SMILES string of the molecule is CC(=O)N1CC=C(c2ccc3c(c2)C(Nc2cc(Cl)ccc2F)CCN2NNC(C)=C32)CC1. The summed E-state index contributed by atoms with van der Waals surface area (Å²) < 4.78 is 14.6. The topological polar surface area (TPSA) is 59.6 Å². The average molecular weight is 468 g/mol. The predicted molar refractivity (Wildman–Crippen MR) is 129 cm³/mol. The van der Waals surface area contributed by atoms with Crippen molar-refractivity contribution in [2.75, 3.05) is 25.0 Å². The summed E-state index contributed by atoms with van der Waals surface area (Å²) in [6, 6.07) is 11.0. The van der Waals surface area contributed by atoms with E-state index in [0.717, 1.165) is 54.0 Å². The number of hydrazine groups is 2. The lowest BCUT2D eigenvalue weighted by molar-refractivity contribution is -0.128. The van der Waals surface area contributed by atoms with Crippen molar-refractivity contribution in [1.29, 1.82) is 0 Å². The number of carbonyl (C=O) groups excluding carboxylic acids is 1. The van der Waals surface area contributed by atoms with Gasteiger partial charge in [0.2, 0.25) is 5.91 Å². The molecule has 172 valence electrons. The predicted octanol–water partition coefficient (Wildman–Crippen LogP) is 4.68. The van der Waals surface area contributed by atoms with E-state index in [-0.39, 0.29) is 17.8 Å². The van der Waals surface area contributed by atoms with Crippen LogP contribution in [0.3, 0.4) is 0 Å². The van der Waals surface area contributed by atoms with Crippen molar-refractivity contribution in [2.24, 2.45) is 0 Å². The van der Waals surface area contributed by atoms with E-state index in [0.29, 0.717) is 17.3 Å². The molecule has 1 unspecified atom stereocenters. The van der Waals surface area contributed by atoms with E-state index in [1.54, 1.807) is 19.1 Å². The van der Waals surface area contributed by atoms with Crippen LogP contribution in [0.5, 0.6) is 0 Å². The highest BCUT2D eigenvalue weighted by molar-refractivity contribution is 6.30. The van der Waals surface area contributed by atoms with Gasteiger partial charge in [-0.15, -0.1) is 5.53 Å². The maximum Gasteiger partial charge on any atom is 0.219 e. The summed E-state index contributed by atoms with van der Waals surface area (Å²) in [4.78, 5) is 13.6. The quantitative estimate of drug-likeness (QED) is 0.611. The Morgan fingerprint density at radius 3 is 2.82 bits per heavy atom. The van der Waals surface area contributed by atoms with E-state index in [4.69, 9.17) is 11.6 Å². The minimum atomic E-state index is -0.323. The van der Waals surface area contributed by atoms with E-state index >= 15 is 0 Å². The first-order valence-electron chi connectivity index (χ1n) is 11.2. The molecule has 0 saturated heterocycles. The molecule has 3 aliphatic heterocycles. The van der Waals surface area contributed by atoms with Crippen molar-refractivity contribution in [2.45, 2.75) is 32.7 Å². The van der Waals surface area contributed by atoms with E-state index in [2.05, 4.69) is 45.6 Å². The second-order valence-electron chi connectivity index (χ2n) is 8.72. The van der Waals surface area contributed by atoms with Crippen LogP contribution < -0.4 is 16.3 Å². The van der Waals surface area contributed by atoms with Gasteiger partial charge in [-0.1, -0.05) is 29.8 Å². The second kappa shape index (κ2) is 8.72. The number of nitrogens with one attached hydrogen (secondary N) is 3. The third kappa shape index (κ3) is 4.18. The third-order valence-corrected chi connectivity index (χ3v) is 6.85. The Kier molecular flexibility index (Phi) is 5.76. The largest absolute Gasteiger partial charge is 0.376 e. The van der Waals surface area contributed by atoms with Crippen molar-refractivity contribution in [3.05, 3.63) is 75.7 Å². The molecule has 33 heavy (non-hydrogen) atoms. The number of hydrogen-bond donors (Lipinski definition) is 3. The number of fused-ring (bicyclic) bond motifs is 3. The molecule has 0 saturated carbocycles. The number of carbonyl (C=O) groups is 1. The molecule has 5 rings (SSSR count). The fraction of sp³-hybridized carbons (Fsp3) is 0.320. The average Bonchev–Trinajstić information content (AvgIpc) is 3.10. The van der Waals surface area contributed by atoms with Gasteiger partial charge in [0.1, 0.15) is 5.82 Å². The molecule has 2 aromatic carbocycles. The third-order valence-electron chi connectivity index (χ3n) is 6.61. The normalized spacial score (nSPS) is 20.0. The lowest BCUT2D eigenvalue weighted by Gasteiger charge is -2.26. The Morgan fingerprint density at radius 2 is 2.06 bits per heavy atom. The van der Waals surface area contributed by atoms with Gasteiger partial charge in [-0.2, -0.15) is 0 Å². The zero-order valence-electron chi connectivity index (χ0n) is 18.7. The smallest absolute Gasteiger partial charge is 0.219 e. The molecule has 0 bridgehead atoms. The lowest BCUT2D eigenvalue weighted by Crippen LogP contribution is -2.38. The van der Waals surface area contributed by atoms with Crippen LogP contribution in [0.2, 0.25) is 5.02 Å². The molecule has 0 radical (unpaired) electrons. The number of nitrogens with zero attached hydrogens (tertiary/aromatic N) is 2. The maximum absolute atomic E-state index is 14.6. The number of amides is 1. The van der Waals surface area contributed by atoms with Gasteiger partial charge >= 0.3 is 0 Å². The summed E-state index contributed by atoms with van der Waals surface area (Å²) in [6.45, 7) is 5.75. The monoisotopic (exact) mass is 467 g/mol. The summed E-state index contributed by atoms with van der Waals surface area (Å²) >= 11 is 6.15. The molecule has 0 spiro atoms. The minimum Gasteiger partial charge on any atom is -0.376 e. The van der Waals surface area contributed by atoms with Crippen molar-refractivity contribution >= 4 is 34.5 Å². The van der Waals surface area contributed by atoms with E-state index in [9.17, 15) is 9.18 Å². The number of anilines is 1. The molecule has 1 atom stereocenters. The Hall–Kier alpha value is -3.03. The van der Waals surface area contributed by atoms with Gasteiger partial charge in [0.05, 0.1) is 23.1 Å². The van der Waals surface area contributed by atoms with Crippen LogP contribution in [-0.2, 0) is 4.79 Å². The molecule has 6 nitrogen and oxygen atoms in total. The number of halogens is 2. The zero-order chi connectivity index (χ0) is 23.1. The molecule has 0 aliphatic carbocycles. The van der Waals surface area contributed by atoms with Crippen molar-refractivity contribution in [3.63, 3.8) is 0 Å². The molecule has 3 aliphatic rings. The van der Waals surface area contributed by atoms with Gasteiger partial charge in [0.15, 0.2) is 0 Å². The van der Waals surface area contributed by atoms with Crippen LogP contribution in [-0.4, -0.2) is 35.5 Å². The molecule has 2 aromatic rings. The van der Waals surface area contributed by atoms with Crippen LogP contribution in [0.4, 0.5) is 10.1 Å². The van der Waals surface area contributed by atoms with E-state index in [1.165, 1.54) is 11.6 Å². The van der Waals surface area contributed by atoms with Gasteiger partial charge in [-0.3, -0.25) is 9.80 Å². The Morgan fingerprint density at radius 1 is 1.21 bits per heavy atom. The first-order valence-corrected chi connectivity index (χ1v) is 11.6. The Labute approximate surface area is 198 Å². The second-order valence-corrected chi connectivity index (χ2v) is 9.15. The highest BCUT2D eigenvalue weighted by atomic mass is 35.5. The van der Waals surface area contributed by atoms with Gasteiger partial charge in [-0.05, 0) is 60.7 Å². The summed E-state index contributed by atoms with van der Waals surface area (Å²) in [6.07, 6.45) is 3.72.